The first kappa shape index (κ1) is 23.0. The maximum Gasteiger partial charge on any atom is 0.439 e. The molecule has 9 nitrogen and oxygen atoms in total. The highest BCUT2D eigenvalue weighted by atomic mass is 35.5. The summed E-state index contributed by atoms with van der Waals surface area (Å²) in [5.41, 5.74) is 2.47. The fourth-order valence-corrected chi connectivity index (χ4v) is 4.84. The normalized spacial score (nSPS) is 19.9. The molecule has 35 heavy (non-hydrogen) atoms. The highest BCUT2D eigenvalue weighted by molar-refractivity contribution is 6.30. The molecule has 2 fully saturated rings. The van der Waals surface area contributed by atoms with E-state index in [4.69, 9.17) is 22.9 Å². The summed E-state index contributed by atoms with van der Waals surface area (Å²) in [5.74, 6) is 2.08. The number of hydroxylamine groups is 2. The SMILES string of the molecule is C#CCN1CCN(C(=O)ON2C(=O)C3CN(Cc4ccc(Cl)cc4)CCN3C2=O)c2ccccc21. The number of urea groups is 1. The third kappa shape index (κ3) is 4.38. The predicted molar refractivity (Wildman–Crippen MR) is 131 cm³/mol. The molecule has 0 spiro atoms. The quantitative estimate of drug-likeness (QED) is 0.481. The van der Waals surface area contributed by atoms with E-state index in [2.05, 4.69) is 10.8 Å². The van der Waals surface area contributed by atoms with Gasteiger partial charge in [-0.2, -0.15) is 0 Å². The zero-order valence-electron chi connectivity index (χ0n) is 19.0. The number of para-hydroxylation sites is 2. The van der Waals surface area contributed by atoms with Crippen LogP contribution in [0.4, 0.5) is 21.0 Å². The number of hydrogen-bond acceptors (Lipinski definition) is 6. The molecule has 3 heterocycles. The number of rotatable bonds is 4. The van der Waals surface area contributed by atoms with Gasteiger partial charge in [0.2, 0.25) is 0 Å². The van der Waals surface area contributed by atoms with Crippen molar-refractivity contribution >= 4 is 41.0 Å². The molecule has 2 saturated heterocycles. The van der Waals surface area contributed by atoms with Gasteiger partial charge in [-0.05, 0) is 29.8 Å². The second-order valence-electron chi connectivity index (χ2n) is 8.61. The van der Waals surface area contributed by atoms with Gasteiger partial charge < -0.3 is 14.6 Å². The molecule has 0 radical (unpaired) electrons. The smallest absolute Gasteiger partial charge is 0.357 e. The summed E-state index contributed by atoms with van der Waals surface area (Å²) in [4.78, 5) is 51.4. The molecule has 0 saturated carbocycles. The number of benzene rings is 2. The van der Waals surface area contributed by atoms with Crippen LogP contribution in [0.5, 0.6) is 0 Å². The molecule has 3 aliphatic rings. The van der Waals surface area contributed by atoms with Crippen LogP contribution in [-0.2, 0) is 16.2 Å². The van der Waals surface area contributed by atoms with Crippen molar-refractivity contribution in [3.63, 3.8) is 0 Å². The number of halogens is 1. The Kier molecular flexibility index (Phi) is 6.24. The molecule has 2 aromatic carbocycles. The van der Waals surface area contributed by atoms with Crippen molar-refractivity contribution in [1.82, 2.24) is 14.9 Å². The summed E-state index contributed by atoms with van der Waals surface area (Å²) in [6, 6.07) is 13.5. The van der Waals surface area contributed by atoms with Crippen LogP contribution in [0.1, 0.15) is 5.56 Å². The molecule has 4 amide bonds. The number of piperazine rings is 1. The minimum atomic E-state index is -0.780. The molecule has 0 aromatic heterocycles. The van der Waals surface area contributed by atoms with E-state index in [0.717, 1.165) is 11.3 Å². The van der Waals surface area contributed by atoms with Crippen LogP contribution < -0.4 is 9.80 Å². The van der Waals surface area contributed by atoms with Gasteiger partial charge in [0.1, 0.15) is 6.04 Å². The first-order chi connectivity index (χ1) is 17.0. The molecule has 5 rings (SSSR count). The number of hydrogen-bond donors (Lipinski definition) is 0. The number of imide groups is 1. The van der Waals surface area contributed by atoms with Gasteiger partial charge in [-0.25, -0.2) is 9.59 Å². The Morgan fingerprint density at radius 3 is 2.51 bits per heavy atom. The molecule has 0 bridgehead atoms. The van der Waals surface area contributed by atoms with Gasteiger partial charge in [0.15, 0.2) is 0 Å². The summed E-state index contributed by atoms with van der Waals surface area (Å²) in [5, 5.41) is 1.27. The third-order valence-corrected chi connectivity index (χ3v) is 6.72. The largest absolute Gasteiger partial charge is 0.439 e. The van der Waals surface area contributed by atoms with Crippen molar-refractivity contribution in [3.8, 4) is 12.3 Å². The van der Waals surface area contributed by atoms with E-state index in [0.29, 0.717) is 61.6 Å². The van der Waals surface area contributed by atoms with Crippen molar-refractivity contribution < 1.29 is 19.2 Å². The molecule has 0 N–H and O–H groups in total. The van der Waals surface area contributed by atoms with E-state index in [9.17, 15) is 14.4 Å². The topological polar surface area (TPSA) is 76.6 Å². The summed E-state index contributed by atoms with van der Waals surface area (Å²) >= 11 is 5.96. The Labute approximate surface area is 208 Å². The van der Waals surface area contributed by atoms with Gasteiger partial charge in [-0.1, -0.05) is 46.9 Å². The summed E-state index contributed by atoms with van der Waals surface area (Å²) in [6.07, 6.45) is 4.69. The van der Waals surface area contributed by atoms with Gasteiger partial charge >= 0.3 is 12.1 Å². The van der Waals surface area contributed by atoms with Gasteiger partial charge in [-0.15, -0.1) is 6.42 Å². The van der Waals surface area contributed by atoms with Crippen LogP contribution in [0, 0.1) is 12.3 Å². The van der Waals surface area contributed by atoms with Gasteiger partial charge in [0.25, 0.3) is 5.91 Å². The lowest BCUT2D eigenvalue weighted by atomic mass is 10.1. The Morgan fingerprint density at radius 2 is 1.77 bits per heavy atom. The number of anilines is 2. The average molecular weight is 494 g/mol. The van der Waals surface area contributed by atoms with E-state index in [-0.39, 0.29) is 0 Å². The number of amides is 4. The van der Waals surface area contributed by atoms with Gasteiger partial charge in [0, 0.05) is 44.3 Å². The Hall–Kier alpha value is -3.74. The van der Waals surface area contributed by atoms with Gasteiger partial charge in [-0.3, -0.25) is 14.6 Å². The van der Waals surface area contributed by atoms with Crippen LogP contribution in [0.15, 0.2) is 48.5 Å². The maximum absolute atomic E-state index is 13.1. The van der Waals surface area contributed by atoms with E-state index in [1.54, 1.807) is 12.1 Å². The second-order valence-corrected chi connectivity index (χ2v) is 9.05. The van der Waals surface area contributed by atoms with Crippen molar-refractivity contribution in [1.29, 1.82) is 0 Å². The molecule has 1 atom stereocenters. The summed E-state index contributed by atoms with van der Waals surface area (Å²) in [6.45, 7) is 3.18. The average Bonchev–Trinajstić information content (AvgIpc) is 3.10. The minimum absolute atomic E-state index is 0.315. The highest BCUT2D eigenvalue weighted by Gasteiger charge is 2.50. The summed E-state index contributed by atoms with van der Waals surface area (Å²) < 4.78 is 0. The van der Waals surface area contributed by atoms with E-state index in [1.807, 2.05) is 41.3 Å². The molecule has 180 valence electrons. The molecule has 10 heteroatoms. The standard InChI is InChI=1S/C25H24ClN5O4/c1-2-11-28-13-15-30(21-6-4-3-5-20(21)28)25(34)35-31-23(32)22-17-27(12-14-29(22)24(31)33)16-18-7-9-19(26)10-8-18/h1,3-10,22H,11-17H2. The first-order valence-electron chi connectivity index (χ1n) is 11.3. The molecule has 3 aliphatic heterocycles. The lowest BCUT2D eigenvalue weighted by Crippen LogP contribution is -2.52. The van der Waals surface area contributed by atoms with Crippen LogP contribution >= 0.6 is 11.6 Å². The van der Waals surface area contributed by atoms with Crippen molar-refractivity contribution in [2.45, 2.75) is 12.6 Å². The number of carbonyl (C=O) groups excluding carboxylic acids is 3. The molecular formula is C25H24ClN5O4. The number of carbonyl (C=O) groups is 3. The molecular weight excluding hydrogens is 470 g/mol. The van der Waals surface area contributed by atoms with Crippen LogP contribution in [0.3, 0.4) is 0 Å². The minimum Gasteiger partial charge on any atom is -0.357 e. The Morgan fingerprint density at radius 1 is 1.03 bits per heavy atom. The molecule has 2 aromatic rings. The number of fused-ring (bicyclic) bond motifs is 2. The number of nitrogens with zero attached hydrogens (tertiary/aromatic N) is 5. The van der Waals surface area contributed by atoms with Crippen LogP contribution in [0.25, 0.3) is 0 Å². The van der Waals surface area contributed by atoms with Crippen molar-refractivity contribution in [2.24, 2.45) is 0 Å². The van der Waals surface area contributed by atoms with Crippen LogP contribution in [0.2, 0.25) is 5.02 Å². The molecule has 0 aliphatic carbocycles. The Balaban J connectivity index is 1.27. The highest BCUT2D eigenvalue weighted by Crippen LogP contribution is 2.33. The maximum atomic E-state index is 13.1. The fourth-order valence-electron chi connectivity index (χ4n) is 4.71. The lowest BCUT2D eigenvalue weighted by Gasteiger charge is -2.36. The fraction of sp³-hybridized carbons (Fsp3) is 0.320. The zero-order chi connectivity index (χ0) is 24.5. The van der Waals surface area contributed by atoms with Crippen molar-refractivity contribution in [2.75, 3.05) is 49.1 Å². The van der Waals surface area contributed by atoms with E-state index >= 15 is 0 Å². The third-order valence-electron chi connectivity index (χ3n) is 6.47. The molecule has 1 unspecified atom stereocenters. The van der Waals surface area contributed by atoms with E-state index in [1.165, 1.54) is 9.80 Å². The van der Waals surface area contributed by atoms with Crippen molar-refractivity contribution in [3.05, 3.63) is 59.1 Å². The first-order valence-corrected chi connectivity index (χ1v) is 11.7. The zero-order valence-corrected chi connectivity index (χ0v) is 19.7. The number of terminal acetylenes is 1. The Bertz CT molecular complexity index is 1200. The van der Waals surface area contributed by atoms with E-state index < -0.39 is 24.1 Å². The summed E-state index contributed by atoms with van der Waals surface area (Å²) in [7, 11) is 0. The van der Waals surface area contributed by atoms with Gasteiger partial charge in [0.05, 0.1) is 17.9 Å². The monoisotopic (exact) mass is 493 g/mol. The lowest BCUT2D eigenvalue weighted by molar-refractivity contribution is -0.150. The second kappa shape index (κ2) is 9.49. The predicted octanol–water partition coefficient (Wildman–Crippen LogP) is 2.80. The van der Waals surface area contributed by atoms with Crippen LogP contribution in [-0.4, -0.2) is 78.2 Å².